The van der Waals surface area contributed by atoms with Crippen molar-refractivity contribution in [2.24, 2.45) is 5.73 Å². The van der Waals surface area contributed by atoms with Gasteiger partial charge in [0, 0.05) is 97.6 Å². The summed E-state index contributed by atoms with van der Waals surface area (Å²) >= 11 is 0. The van der Waals surface area contributed by atoms with Gasteiger partial charge < -0.3 is 21.7 Å². The second kappa shape index (κ2) is 29.0. The fraction of sp³-hybridized carbons (Fsp3) is 0.0964. The summed E-state index contributed by atoms with van der Waals surface area (Å²) in [4.78, 5) is 55.5. The molecule has 7 heterocycles. The molecule has 0 bridgehead atoms. The first kappa shape index (κ1) is 67.2. The zero-order chi connectivity index (χ0) is 71.3. The van der Waals surface area contributed by atoms with Crippen molar-refractivity contribution in [3.05, 3.63) is 316 Å². The van der Waals surface area contributed by atoms with Crippen LogP contribution in [0.15, 0.2) is 243 Å². The molecule has 5 N–H and O–H groups in total. The second-order valence-corrected chi connectivity index (χ2v) is 25.0. The molecule has 0 fully saturated rings. The molecule has 15 rings (SSSR count). The maximum Gasteiger partial charge on any atom is 0.255 e. The summed E-state index contributed by atoms with van der Waals surface area (Å²) < 4.78 is 19.3. The standard InChI is InChI=1S/C28H23FN4O.C28H23N5O2.C27H23N5O/c1-17-6-11-22(12-7-17)30-28(34)25-16-20(9-8-18(25)2)24-5-4-14-33-26(31-32-27(24)33)23-13-10-21(29)15-19(23)3;1-17-9-13-20(14-10-17)30-28(35)24-16-19(12-11-18(24)2)21-8-5-15-33-26(21)31-32-27(33)23-7-4-3-6-22(23)25(29)34;1-17-8-12-21(13-9-17)29-27(33)24-16-20(11-10-18(24)2)23-7-5-15-32-25(30-31-26(23)32)22-6-4-14-28-19(22)3/h4-16H,1-3H3,(H,30,34);3-16H,1-2H3,(H2,29,34)(H,30,35);4-16H,1-3H3,(H,29,33). The zero-order valence-electron chi connectivity index (χ0n) is 57.2. The van der Waals surface area contributed by atoms with E-state index >= 15 is 0 Å². The largest absolute Gasteiger partial charge is 0.366 e. The van der Waals surface area contributed by atoms with Gasteiger partial charge in [0.25, 0.3) is 17.7 Å². The molecule has 19 heteroatoms. The highest BCUT2D eigenvalue weighted by atomic mass is 19.1. The minimum Gasteiger partial charge on any atom is -0.366 e. The monoisotopic (exact) mass is 1340 g/mol. The minimum atomic E-state index is -0.531. The van der Waals surface area contributed by atoms with Crippen molar-refractivity contribution < 1.29 is 23.6 Å². The number of nitrogens with one attached hydrogen (secondary N) is 3. The van der Waals surface area contributed by atoms with Gasteiger partial charge in [-0.15, -0.1) is 30.6 Å². The van der Waals surface area contributed by atoms with Gasteiger partial charge >= 0.3 is 0 Å². The van der Waals surface area contributed by atoms with Gasteiger partial charge in [0.1, 0.15) is 5.82 Å². The van der Waals surface area contributed by atoms with Crippen LogP contribution in [0.2, 0.25) is 0 Å². The Hall–Kier alpha value is -13.4. The lowest BCUT2D eigenvalue weighted by atomic mass is 9.99. The van der Waals surface area contributed by atoms with Crippen molar-refractivity contribution in [1.29, 1.82) is 0 Å². The van der Waals surface area contributed by atoms with E-state index in [0.29, 0.717) is 50.8 Å². The SMILES string of the molecule is Cc1ccc(NC(=O)c2cc(-c3cccn4c(-c5ccc(F)cc5C)nnc34)ccc2C)cc1.Cc1ccc(NC(=O)c2cc(-c3cccn4c(-c5ccccc5C(N)=O)nnc34)ccc2C)cc1.Cc1ccc(NC(=O)c2cc(-c3cccn4c(-c5cccnc5C)nnc34)ccc2C)cc1. The minimum absolute atomic E-state index is 0.140. The predicted octanol–water partition coefficient (Wildman–Crippen LogP) is 17.0. The molecule has 15 aromatic rings. The van der Waals surface area contributed by atoms with Crippen molar-refractivity contribution >= 4 is 57.6 Å². The highest BCUT2D eigenvalue weighted by molar-refractivity contribution is 6.08. The third-order valence-electron chi connectivity index (χ3n) is 17.7. The first-order chi connectivity index (χ1) is 49.3. The highest BCUT2D eigenvalue weighted by Gasteiger charge is 2.22. The summed E-state index contributed by atoms with van der Waals surface area (Å²) in [6.45, 7) is 15.6. The van der Waals surface area contributed by atoms with E-state index in [1.165, 1.54) is 12.1 Å². The Morgan fingerprint density at radius 2 is 0.706 bits per heavy atom. The fourth-order valence-corrected chi connectivity index (χ4v) is 12.1. The second-order valence-electron chi connectivity index (χ2n) is 25.0. The van der Waals surface area contributed by atoms with Crippen molar-refractivity contribution in [3.63, 3.8) is 0 Å². The van der Waals surface area contributed by atoms with E-state index < -0.39 is 5.91 Å². The highest BCUT2D eigenvalue weighted by Crippen LogP contribution is 2.34. The third kappa shape index (κ3) is 14.2. The Morgan fingerprint density at radius 1 is 0.343 bits per heavy atom. The molecule has 8 aromatic carbocycles. The molecule has 0 saturated heterocycles. The first-order valence-electron chi connectivity index (χ1n) is 32.9. The van der Waals surface area contributed by atoms with Crippen LogP contribution in [0.3, 0.4) is 0 Å². The zero-order valence-corrected chi connectivity index (χ0v) is 57.2. The maximum absolute atomic E-state index is 13.6. The van der Waals surface area contributed by atoms with Crippen LogP contribution in [0.4, 0.5) is 21.5 Å². The Balaban J connectivity index is 0.000000137. The number of amides is 4. The lowest BCUT2D eigenvalue weighted by Crippen LogP contribution is -2.13. The van der Waals surface area contributed by atoms with Crippen molar-refractivity contribution in [2.75, 3.05) is 16.0 Å². The molecule has 0 saturated carbocycles. The molecule has 0 radical (unpaired) electrons. The summed E-state index contributed by atoms with van der Waals surface area (Å²) in [5, 5.41) is 35.4. The molecular formula is C83H69FN14O4. The van der Waals surface area contributed by atoms with Gasteiger partial charge in [-0.3, -0.25) is 37.4 Å². The Morgan fingerprint density at radius 3 is 1.09 bits per heavy atom. The molecule has 0 unspecified atom stereocenters. The van der Waals surface area contributed by atoms with Crippen molar-refractivity contribution in [3.8, 4) is 67.5 Å². The number of primary amides is 1. The van der Waals surface area contributed by atoms with Crippen LogP contribution in [-0.2, 0) is 0 Å². The smallest absolute Gasteiger partial charge is 0.255 e. The normalized spacial score (nSPS) is 11.0. The van der Waals surface area contributed by atoms with E-state index in [2.05, 4.69) is 51.5 Å². The van der Waals surface area contributed by atoms with Crippen LogP contribution in [0.25, 0.3) is 84.5 Å². The number of carbonyl (C=O) groups excluding carboxylic acids is 4. The Kier molecular flexibility index (Phi) is 19.1. The van der Waals surface area contributed by atoms with E-state index in [0.717, 1.165) is 118 Å². The quantitative estimate of drug-likeness (QED) is 0.0847. The van der Waals surface area contributed by atoms with Gasteiger partial charge in [-0.25, -0.2) is 4.39 Å². The van der Waals surface area contributed by atoms with Gasteiger partial charge in [-0.2, -0.15) is 0 Å². The number of rotatable bonds is 13. The maximum atomic E-state index is 13.6. The number of aromatic nitrogens is 10. The van der Waals surface area contributed by atoms with Crippen LogP contribution >= 0.6 is 0 Å². The number of aryl methyl sites for hydroxylation is 8. The number of hydrogen-bond acceptors (Lipinski definition) is 11. The first-order valence-corrected chi connectivity index (χ1v) is 32.9. The van der Waals surface area contributed by atoms with Crippen LogP contribution in [0.1, 0.15) is 86.1 Å². The van der Waals surface area contributed by atoms with Gasteiger partial charge in [0.2, 0.25) is 5.91 Å². The molecular weight excluding hydrogens is 1280 g/mol. The van der Waals surface area contributed by atoms with Gasteiger partial charge in [-0.1, -0.05) is 108 Å². The fourth-order valence-electron chi connectivity index (χ4n) is 12.1. The lowest BCUT2D eigenvalue weighted by molar-refractivity contribution is 0.0996. The van der Waals surface area contributed by atoms with Crippen LogP contribution in [0.5, 0.6) is 0 Å². The topological polar surface area (TPSA) is 234 Å². The third-order valence-corrected chi connectivity index (χ3v) is 17.7. The van der Waals surface area contributed by atoms with E-state index in [-0.39, 0.29) is 23.5 Å². The summed E-state index contributed by atoms with van der Waals surface area (Å²) in [5.41, 5.74) is 27.2. The summed E-state index contributed by atoms with van der Waals surface area (Å²) in [6.07, 6.45) is 7.43. The summed E-state index contributed by atoms with van der Waals surface area (Å²) in [5.74, 6) is 0.583. The average Bonchev–Trinajstić information content (AvgIpc) is 1.60. The predicted molar refractivity (Wildman–Crippen MR) is 399 cm³/mol. The number of carbonyl (C=O) groups is 4. The van der Waals surface area contributed by atoms with E-state index in [9.17, 15) is 23.6 Å². The average molecular weight is 1350 g/mol. The summed E-state index contributed by atoms with van der Waals surface area (Å²) in [7, 11) is 0. The van der Waals surface area contributed by atoms with Crippen molar-refractivity contribution in [2.45, 2.75) is 55.4 Å². The van der Waals surface area contributed by atoms with Gasteiger partial charge in [-0.05, 0) is 222 Å². The molecule has 502 valence electrons. The lowest BCUT2D eigenvalue weighted by Gasteiger charge is -2.11. The summed E-state index contributed by atoms with van der Waals surface area (Å²) in [6, 6.07) is 67.8. The number of pyridine rings is 4. The number of benzene rings is 8. The van der Waals surface area contributed by atoms with Gasteiger partial charge in [0.15, 0.2) is 34.4 Å². The van der Waals surface area contributed by atoms with Crippen LogP contribution in [0, 0.1) is 61.2 Å². The van der Waals surface area contributed by atoms with Crippen LogP contribution < -0.4 is 21.7 Å². The van der Waals surface area contributed by atoms with Gasteiger partial charge in [0.05, 0.1) is 5.56 Å². The number of anilines is 3. The Labute approximate surface area is 587 Å². The number of fused-ring (bicyclic) bond motifs is 3. The molecule has 0 spiro atoms. The number of halogens is 1. The van der Waals surface area contributed by atoms with E-state index in [1.807, 2.05) is 269 Å². The molecule has 0 aliphatic heterocycles. The molecule has 18 nitrogen and oxygen atoms in total. The molecule has 0 aliphatic carbocycles. The number of hydrogen-bond donors (Lipinski definition) is 4. The molecule has 7 aromatic heterocycles. The Bertz CT molecular complexity index is 5720. The van der Waals surface area contributed by atoms with Crippen molar-refractivity contribution in [1.82, 2.24) is 48.8 Å². The number of nitrogens with two attached hydrogens (primary N) is 1. The van der Waals surface area contributed by atoms with Crippen LogP contribution in [-0.4, -0.2) is 72.4 Å². The molecule has 102 heavy (non-hydrogen) atoms. The van der Waals surface area contributed by atoms with E-state index in [1.54, 1.807) is 30.5 Å². The van der Waals surface area contributed by atoms with E-state index in [4.69, 9.17) is 5.73 Å². The number of nitrogens with zero attached hydrogens (tertiary/aromatic N) is 10. The molecule has 0 atom stereocenters. The molecule has 0 aliphatic rings. The molecule has 4 amide bonds.